The predicted octanol–water partition coefficient (Wildman–Crippen LogP) is 2.94. The van der Waals surface area contributed by atoms with Crippen LogP contribution in [0.4, 0.5) is 0 Å². The Hall–Kier alpha value is -0.830. The van der Waals surface area contributed by atoms with Crippen molar-refractivity contribution in [1.82, 2.24) is 9.78 Å². The van der Waals surface area contributed by atoms with Crippen molar-refractivity contribution in [3.63, 3.8) is 0 Å². The fourth-order valence-corrected chi connectivity index (χ4v) is 2.52. The molecular weight excluding hydrogens is 236 g/mol. The summed E-state index contributed by atoms with van der Waals surface area (Å²) in [5.41, 5.74) is 2.02. The van der Waals surface area contributed by atoms with Crippen LogP contribution in [-0.4, -0.2) is 15.6 Å². The number of rotatable bonds is 6. The molecule has 0 aliphatic heterocycles. The summed E-state index contributed by atoms with van der Waals surface area (Å²) in [6.07, 6.45) is 5.48. The summed E-state index contributed by atoms with van der Waals surface area (Å²) < 4.78 is 1.85. The first-order chi connectivity index (χ1) is 8.13. The molecule has 0 spiro atoms. The van der Waals surface area contributed by atoms with E-state index in [0.717, 1.165) is 48.5 Å². The minimum absolute atomic E-state index is 0.378. The highest BCUT2D eigenvalue weighted by Crippen LogP contribution is 2.31. The third-order valence-corrected chi connectivity index (χ3v) is 3.81. The maximum atomic E-state index is 11.6. The quantitative estimate of drug-likeness (QED) is 0.782. The molecule has 0 bridgehead atoms. The van der Waals surface area contributed by atoms with Gasteiger partial charge in [0, 0.05) is 19.4 Å². The van der Waals surface area contributed by atoms with Crippen molar-refractivity contribution in [2.45, 2.75) is 45.4 Å². The van der Waals surface area contributed by atoms with Gasteiger partial charge in [-0.05, 0) is 32.1 Å². The lowest BCUT2D eigenvalue weighted by Crippen LogP contribution is -2.03. The molecule has 2 rings (SSSR count). The first kappa shape index (κ1) is 12.6. The molecule has 0 aromatic carbocycles. The molecule has 1 saturated carbocycles. The van der Waals surface area contributed by atoms with Crippen LogP contribution in [0.5, 0.6) is 0 Å². The number of hydrogen-bond donors (Lipinski definition) is 0. The molecule has 4 heteroatoms. The Morgan fingerprint density at radius 2 is 2.24 bits per heavy atom. The SMILES string of the molecule is CCc1nn(C)c(CCCC(=O)C2CC2)c1Cl. The molecule has 0 radical (unpaired) electrons. The van der Waals surface area contributed by atoms with E-state index in [4.69, 9.17) is 11.6 Å². The summed E-state index contributed by atoms with van der Waals surface area (Å²) in [5.74, 6) is 0.808. The first-order valence-corrected chi connectivity index (χ1v) is 6.74. The van der Waals surface area contributed by atoms with E-state index in [1.54, 1.807) is 0 Å². The lowest BCUT2D eigenvalue weighted by Gasteiger charge is -2.02. The minimum Gasteiger partial charge on any atom is -0.299 e. The Morgan fingerprint density at radius 1 is 1.53 bits per heavy atom. The van der Waals surface area contributed by atoms with E-state index in [2.05, 4.69) is 12.0 Å². The Morgan fingerprint density at radius 3 is 2.76 bits per heavy atom. The number of aromatic nitrogens is 2. The predicted molar refractivity (Wildman–Crippen MR) is 68.3 cm³/mol. The second kappa shape index (κ2) is 5.21. The number of ketones is 1. The second-order valence-corrected chi connectivity index (χ2v) is 5.16. The van der Waals surface area contributed by atoms with E-state index in [0.29, 0.717) is 18.1 Å². The van der Waals surface area contributed by atoms with E-state index in [9.17, 15) is 4.79 Å². The number of halogens is 1. The van der Waals surface area contributed by atoms with Crippen LogP contribution in [0.1, 0.15) is 44.0 Å². The molecule has 1 fully saturated rings. The van der Waals surface area contributed by atoms with Gasteiger partial charge in [-0.1, -0.05) is 18.5 Å². The molecule has 17 heavy (non-hydrogen) atoms. The summed E-state index contributed by atoms with van der Waals surface area (Å²) in [4.78, 5) is 11.6. The van der Waals surface area contributed by atoms with Crippen LogP contribution in [0.15, 0.2) is 0 Å². The second-order valence-electron chi connectivity index (χ2n) is 4.78. The standard InChI is InChI=1S/C13H19ClN2O/c1-3-10-13(14)11(16(2)15-10)5-4-6-12(17)9-7-8-9/h9H,3-8H2,1-2H3. The van der Waals surface area contributed by atoms with Crippen LogP contribution in [0.2, 0.25) is 5.02 Å². The van der Waals surface area contributed by atoms with E-state index in [1.165, 1.54) is 0 Å². The van der Waals surface area contributed by atoms with E-state index >= 15 is 0 Å². The highest BCUT2D eigenvalue weighted by Gasteiger charge is 2.28. The lowest BCUT2D eigenvalue weighted by molar-refractivity contribution is -0.120. The van der Waals surface area contributed by atoms with Gasteiger partial charge in [0.1, 0.15) is 5.78 Å². The van der Waals surface area contributed by atoms with Gasteiger partial charge in [-0.15, -0.1) is 0 Å². The van der Waals surface area contributed by atoms with Gasteiger partial charge in [0.05, 0.1) is 16.4 Å². The van der Waals surface area contributed by atoms with Crippen LogP contribution in [0.25, 0.3) is 0 Å². The summed E-state index contributed by atoms with van der Waals surface area (Å²) in [5, 5.41) is 5.16. The normalized spacial score (nSPS) is 15.2. The smallest absolute Gasteiger partial charge is 0.135 e. The molecule has 1 aliphatic rings. The molecule has 0 saturated heterocycles. The van der Waals surface area contributed by atoms with Crippen LogP contribution < -0.4 is 0 Å². The van der Waals surface area contributed by atoms with Crippen molar-refractivity contribution in [1.29, 1.82) is 0 Å². The fraction of sp³-hybridized carbons (Fsp3) is 0.692. The average molecular weight is 255 g/mol. The van der Waals surface area contributed by atoms with E-state index in [1.807, 2.05) is 11.7 Å². The number of nitrogens with zero attached hydrogens (tertiary/aromatic N) is 2. The third kappa shape index (κ3) is 2.89. The Kier molecular flexibility index (Phi) is 3.87. The monoisotopic (exact) mass is 254 g/mol. The molecule has 1 aromatic rings. The third-order valence-electron chi connectivity index (χ3n) is 3.37. The van der Waals surface area contributed by atoms with Crippen molar-refractivity contribution in [3.8, 4) is 0 Å². The zero-order chi connectivity index (χ0) is 12.4. The topological polar surface area (TPSA) is 34.9 Å². The molecule has 0 amide bonds. The maximum absolute atomic E-state index is 11.6. The largest absolute Gasteiger partial charge is 0.299 e. The molecule has 1 heterocycles. The van der Waals surface area contributed by atoms with Gasteiger partial charge in [0.15, 0.2) is 0 Å². The van der Waals surface area contributed by atoms with Gasteiger partial charge in [0.25, 0.3) is 0 Å². The van der Waals surface area contributed by atoms with Crippen molar-refractivity contribution in [2.24, 2.45) is 13.0 Å². The van der Waals surface area contributed by atoms with Crippen molar-refractivity contribution < 1.29 is 4.79 Å². The van der Waals surface area contributed by atoms with E-state index < -0.39 is 0 Å². The average Bonchev–Trinajstić information content (AvgIpc) is 3.10. The molecule has 3 nitrogen and oxygen atoms in total. The molecule has 94 valence electrons. The lowest BCUT2D eigenvalue weighted by atomic mass is 10.1. The van der Waals surface area contributed by atoms with Gasteiger partial charge in [-0.25, -0.2) is 0 Å². The van der Waals surface area contributed by atoms with Crippen molar-refractivity contribution in [2.75, 3.05) is 0 Å². The fourth-order valence-electron chi connectivity index (χ4n) is 2.13. The van der Waals surface area contributed by atoms with Gasteiger partial charge >= 0.3 is 0 Å². The molecular formula is C13H19ClN2O. The highest BCUT2D eigenvalue weighted by atomic mass is 35.5. The van der Waals surface area contributed by atoms with Gasteiger partial charge in [0.2, 0.25) is 0 Å². The summed E-state index contributed by atoms with van der Waals surface area (Å²) >= 11 is 6.25. The highest BCUT2D eigenvalue weighted by molar-refractivity contribution is 6.31. The van der Waals surface area contributed by atoms with Crippen LogP contribution >= 0.6 is 11.6 Å². The number of carbonyl (C=O) groups is 1. The maximum Gasteiger partial charge on any atom is 0.135 e. The number of Topliss-reactive ketones (excluding diaryl/α,β-unsaturated/α-hetero) is 1. The van der Waals surface area contributed by atoms with Gasteiger partial charge in [-0.2, -0.15) is 5.10 Å². The van der Waals surface area contributed by atoms with Crippen LogP contribution in [0.3, 0.4) is 0 Å². The minimum atomic E-state index is 0.378. The summed E-state index contributed by atoms with van der Waals surface area (Å²) in [6, 6.07) is 0. The number of aryl methyl sites for hydroxylation is 2. The number of carbonyl (C=O) groups excluding carboxylic acids is 1. The molecule has 1 aromatic heterocycles. The summed E-state index contributed by atoms with van der Waals surface area (Å²) in [6.45, 7) is 2.05. The van der Waals surface area contributed by atoms with Gasteiger partial charge in [-0.3, -0.25) is 9.48 Å². The Balaban J connectivity index is 1.89. The molecule has 0 atom stereocenters. The molecule has 1 aliphatic carbocycles. The van der Waals surface area contributed by atoms with Crippen LogP contribution in [0, 0.1) is 5.92 Å². The Bertz CT molecular complexity index is 421. The molecule has 0 N–H and O–H groups in total. The first-order valence-electron chi connectivity index (χ1n) is 6.36. The van der Waals surface area contributed by atoms with Crippen LogP contribution in [-0.2, 0) is 24.7 Å². The van der Waals surface area contributed by atoms with Crippen molar-refractivity contribution in [3.05, 3.63) is 16.4 Å². The Labute approximate surface area is 107 Å². The van der Waals surface area contributed by atoms with Gasteiger partial charge < -0.3 is 0 Å². The summed E-state index contributed by atoms with van der Waals surface area (Å²) in [7, 11) is 1.92. The zero-order valence-electron chi connectivity index (χ0n) is 10.5. The zero-order valence-corrected chi connectivity index (χ0v) is 11.3. The van der Waals surface area contributed by atoms with Crippen molar-refractivity contribution >= 4 is 17.4 Å². The number of hydrogen-bond acceptors (Lipinski definition) is 2. The molecule has 0 unspecified atom stereocenters. The van der Waals surface area contributed by atoms with E-state index in [-0.39, 0.29) is 0 Å².